The first-order chi connectivity index (χ1) is 7.61. The quantitative estimate of drug-likeness (QED) is 0.833. The van der Waals surface area contributed by atoms with Crippen molar-refractivity contribution >= 4 is 5.91 Å². The molecule has 0 radical (unpaired) electrons. The molecule has 0 saturated carbocycles. The van der Waals surface area contributed by atoms with Crippen molar-refractivity contribution in [3.05, 3.63) is 17.0 Å². The van der Waals surface area contributed by atoms with Crippen LogP contribution in [-0.2, 0) is 0 Å². The van der Waals surface area contributed by atoms with Gasteiger partial charge in [-0.1, -0.05) is 0 Å². The third-order valence-corrected chi connectivity index (χ3v) is 2.50. The molecular weight excluding hydrogens is 204 g/mol. The summed E-state index contributed by atoms with van der Waals surface area (Å²) in [6.07, 6.45) is 0.357. The lowest BCUT2D eigenvalue weighted by Crippen LogP contribution is -2.32. The van der Waals surface area contributed by atoms with E-state index >= 15 is 0 Å². The number of aromatic nitrogens is 2. The van der Waals surface area contributed by atoms with Crippen molar-refractivity contribution < 1.29 is 4.79 Å². The molecule has 0 aliphatic rings. The van der Waals surface area contributed by atoms with Crippen LogP contribution in [-0.4, -0.2) is 34.1 Å². The van der Waals surface area contributed by atoms with Crippen molar-refractivity contribution in [2.24, 2.45) is 0 Å². The first kappa shape index (κ1) is 12.2. The number of rotatable bonds is 4. The van der Waals surface area contributed by atoms with Crippen LogP contribution in [0.4, 0.5) is 0 Å². The third-order valence-electron chi connectivity index (χ3n) is 2.50. The molecule has 0 unspecified atom stereocenters. The monoisotopic (exact) mass is 220 g/mol. The molecule has 0 bridgehead atoms. The van der Waals surface area contributed by atoms with Crippen molar-refractivity contribution in [1.82, 2.24) is 15.1 Å². The maximum Gasteiger partial charge on any atom is 0.257 e. The molecule has 1 amide bonds. The minimum atomic E-state index is -0.0542. The van der Waals surface area contributed by atoms with Crippen LogP contribution in [0.2, 0.25) is 0 Å². The second-order valence-corrected chi connectivity index (χ2v) is 3.60. The minimum Gasteiger partial charge on any atom is -0.338 e. The van der Waals surface area contributed by atoms with Crippen molar-refractivity contribution in [3.63, 3.8) is 0 Å². The Bertz CT molecular complexity index is 397. The molecule has 0 spiro atoms. The highest BCUT2D eigenvalue weighted by Crippen LogP contribution is 2.12. The largest absolute Gasteiger partial charge is 0.338 e. The molecule has 0 atom stereocenters. The fourth-order valence-corrected chi connectivity index (χ4v) is 1.61. The van der Waals surface area contributed by atoms with Gasteiger partial charge in [0.25, 0.3) is 5.91 Å². The van der Waals surface area contributed by atoms with Crippen LogP contribution in [0.15, 0.2) is 0 Å². The fraction of sp³-hybridized carbons (Fsp3) is 0.545. The second kappa shape index (κ2) is 5.31. The van der Waals surface area contributed by atoms with Crippen LogP contribution >= 0.6 is 0 Å². The van der Waals surface area contributed by atoms with Crippen molar-refractivity contribution in [2.45, 2.75) is 27.2 Å². The number of H-pyrrole nitrogens is 1. The molecule has 0 aliphatic heterocycles. The van der Waals surface area contributed by atoms with Crippen LogP contribution in [0.5, 0.6) is 0 Å². The van der Waals surface area contributed by atoms with Gasteiger partial charge in [0.1, 0.15) is 0 Å². The lowest BCUT2D eigenvalue weighted by atomic mass is 10.1. The standard InChI is InChI=1S/C11H16N4O/c1-4-15(7-5-6-12)11(16)10-8(2)13-14-9(10)3/h4-5,7H2,1-3H3,(H,13,14). The van der Waals surface area contributed by atoms with Crippen LogP contribution < -0.4 is 0 Å². The Morgan fingerprint density at radius 2 is 2.25 bits per heavy atom. The average molecular weight is 220 g/mol. The van der Waals surface area contributed by atoms with Gasteiger partial charge in [-0.15, -0.1) is 0 Å². The predicted molar refractivity (Wildman–Crippen MR) is 59.9 cm³/mol. The van der Waals surface area contributed by atoms with E-state index in [1.165, 1.54) is 0 Å². The summed E-state index contributed by atoms with van der Waals surface area (Å²) >= 11 is 0. The average Bonchev–Trinajstić information content (AvgIpc) is 2.59. The molecule has 5 heteroatoms. The molecule has 1 N–H and O–H groups in total. The van der Waals surface area contributed by atoms with Gasteiger partial charge in [0.05, 0.1) is 23.7 Å². The Labute approximate surface area is 95.1 Å². The molecule has 0 aromatic carbocycles. The number of nitrogens with one attached hydrogen (secondary N) is 1. The van der Waals surface area contributed by atoms with Gasteiger partial charge < -0.3 is 4.90 Å². The first-order valence-corrected chi connectivity index (χ1v) is 5.29. The Kier molecular flexibility index (Phi) is 4.06. The normalized spacial score (nSPS) is 9.88. The smallest absolute Gasteiger partial charge is 0.257 e. The SMILES string of the molecule is CCN(CCC#N)C(=O)c1c(C)n[nH]c1C. The molecule has 86 valence electrons. The van der Waals surface area contributed by atoms with Crippen LogP contribution in [0, 0.1) is 25.2 Å². The van der Waals surface area contributed by atoms with Gasteiger partial charge in [-0.25, -0.2) is 0 Å². The summed E-state index contributed by atoms with van der Waals surface area (Å²) in [5.41, 5.74) is 2.11. The zero-order valence-corrected chi connectivity index (χ0v) is 9.87. The van der Waals surface area contributed by atoms with E-state index in [4.69, 9.17) is 5.26 Å². The van der Waals surface area contributed by atoms with Gasteiger partial charge in [0.15, 0.2) is 0 Å². The summed E-state index contributed by atoms with van der Waals surface area (Å²) in [6, 6.07) is 2.04. The van der Waals surface area contributed by atoms with E-state index in [0.717, 1.165) is 5.69 Å². The zero-order valence-electron chi connectivity index (χ0n) is 9.87. The highest BCUT2D eigenvalue weighted by molar-refractivity contribution is 5.96. The van der Waals surface area contributed by atoms with Crippen molar-refractivity contribution in [3.8, 4) is 6.07 Å². The molecule has 1 heterocycles. The second-order valence-electron chi connectivity index (χ2n) is 3.60. The number of aryl methyl sites for hydroxylation is 2. The lowest BCUT2D eigenvalue weighted by molar-refractivity contribution is 0.0766. The van der Waals surface area contributed by atoms with Gasteiger partial charge in [0, 0.05) is 18.8 Å². The highest BCUT2D eigenvalue weighted by atomic mass is 16.2. The van der Waals surface area contributed by atoms with Gasteiger partial charge in [-0.2, -0.15) is 10.4 Å². The Morgan fingerprint density at radius 3 is 2.69 bits per heavy atom. The number of carbonyl (C=O) groups is 1. The van der Waals surface area contributed by atoms with E-state index < -0.39 is 0 Å². The number of carbonyl (C=O) groups excluding carboxylic acids is 1. The van der Waals surface area contributed by atoms with E-state index in [0.29, 0.717) is 30.8 Å². The molecule has 5 nitrogen and oxygen atoms in total. The number of nitrogens with zero attached hydrogens (tertiary/aromatic N) is 3. The van der Waals surface area contributed by atoms with Crippen LogP contribution in [0.25, 0.3) is 0 Å². The summed E-state index contributed by atoms with van der Waals surface area (Å²) in [4.78, 5) is 13.8. The number of nitriles is 1. The predicted octanol–water partition coefficient (Wildman–Crippen LogP) is 1.40. The van der Waals surface area contributed by atoms with Gasteiger partial charge in [0.2, 0.25) is 0 Å². The van der Waals surface area contributed by atoms with Gasteiger partial charge in [-0.05, 0) is 20.8 Å². The molecular formula is C11H16N4O. The van der Waals surface area contributed by atoms with Crippen LogP contribution in [0.1, 0.15) is 35.1 Å². The number of amides is 1. The molecule has 0 aliphatic carbocycles. The summed E-state index contributed by atoms with van der Waals surface area (Å²) < 4.78 is 0. The Morgan fingerprint density at radius 1 is 1.56 bits per heavy atom. The summed E-state index contributed by atoms with van der Waals surface area (Å²) in [7, 11) is 0. The first-order valence-electron chi connectivity index (χ1n) is 5.29. The Hall–Kier alpha value is -1.83. The Balaban J connectivity index is 2.88. The van der Waals surface area contributed by atoms with Gasteiger partial charge in [-0.3, -0.25) is 9.89 Å². The molecule has 1 aromatic heterocycles. The van der Waals surface area contributed by atoms with E-state index in [2.05, 4.69) is 10.2 Å². The van der Waals surface area contributed by atoms with E-state index in [9.17, 15) is 4.79 Å². The third kappa shape index (κ3) is 2.40. The molecule has 1 rings (SSSR count). The molecule has 0 fully saturated rings. The number of hydrogen-bond acceptors (Lipinski definition) is 3. The van der Waals surface area contributed by atoms with E-state index in [1.54, 1.807) is 11.8 Å². The fourth-order valence-electron chi connectivity index (χ4n) is 1.61. The summed E-state index contributed by atoms with van der Waals surface area (Å²) in [6.45, 7) is 6.60. The van der Waals surface area contributed by atoms with Crippen molar-refractivity contribution in [2.75, 3.05) is 13.1 Å². The molecule has 16 heavy (non-hydrogen) atoms. The van der Waals surface area contributed by atoms with E-state index in [1.807, 2.05) is 19.9 Å². The highest BCUT2D eigenvalue weighted by Gasteiger charge is 2.20. The number of hydrogen-bond donors (Lipinski definition) is 1. The van der Waals surface area contributed by atoms with E-state index in [-0.39, 0.29) is 5.91 Å². The maximum atomic E-state index is 12.1. The zero-order chi connectivity index (χ0) is 12.1. The van der Waals surface area contributed by atoms with Gasteiger partial charge >= 0.3 is 0 Å². The maximum absolute atomic E-state index is 12.1. The minimum absolute atomic E-state index is 0.0542. The van der Waals surface area contributed by atoms with Crippen LogP contribution in [0.3, 0.4) is 0 Å². The summed E-state index contributed by atoms with van der Waals surface area (Å²) in [5, 5.41) is 15.3. The number of aromatic amines is 1. The molecule has 1 aromatic rings. The van der Waals surface area contributed by atoms with Crippen molar-refractivity contribution in [1.29, 1.82) is 5.26 Å². The summed E-state index contributed by atoms with van der Waals surface area (Å²) in [5.74, 6) is -0.0542. The molecule has 0 saturated heterocycles. The topological polar surface area (TPSA) is 72.8 Å². The lowest BCUT2D eigenvalue weighted by Gasteiger charge is -2.19.